The van der Waals surface area contributed by atoms with E-state index in [0.29, 0.717) is 30.0 Å². The highest BCUT2D eigenvalue weighted by Crippen LogP contribution is 2.29. The molecule has 2 aromatic rings. The monoisotopic (exact) mass is 356 g/mol. The predicted molar refractivity (Wildman–Crippen MR) is 102 cm³/mol. The molecule has 2 rings (SSSR count). The van der Waals surface area contributed by atoms with Gasteiger partial charge in [-0.3, -0.25) is 9.59 Å². The van der Waals surface area contributed by atoms with Crippen molar-refractivity contribution in [3.05, 3.63) is 48.5 Å². The zero-order chi connectivity index (χ0) is 18.9. The van der Waals surface area contributed by atoms with Gasteiger partial charge in [-0.1, -0.05) is 18.2 Å². The first-order valence-corrected chi connectivity index (χ1v) is 8.38. The summed E-state index contributed by atoms with van der Waals surface area (Å²) in [7, 11) is 4.83. The predicted octanol–water partition coefficient (Wildman–Crippen LogP) is 3.48. The normalized spacial score (nSPS) is 10.1. The van der Waals surface area contributed by atoms with Crippen molar-refractivity contribution in [2.45, 2.75) is 19.3 Å². The third-order valence-electron chi connectivity index (χ3n) is 3.98. The number of ether oxygens (including phenoxy) is 2. The smallest absolute Gasteiger partial charge is 0.226 e. The van der Waals surface area contributed by atoms with Crippen LogP contribution in [0.5, 0.6) is 11.5 Å². The topological polar surface area (TPSA) is 67.9 Å². The standard InChI is InChI=1S/C20H24N2O4/c1-22(16-8-5-4-6-9-16)20(24)11-7-10-19(23)21-15-12-13-17(25-2)18(14-15)26-3/h4-6,8-9,12-14H,7,10-11H2,1-3H3,(H,21,23). The number of methoxy groups -OCH3 is 2. The average Bonchev–Trinajstić information content (AvgIpc) is 2.67. The zero-order valence-electron chi connectivity index (χ0n) is 15.3. The van der Waals surface area contributed by atoms with Crippen LogP contribution in [0.2, 0.25) is 0 Å². The molecule has 1 N–H and O–H groups in total. The van der Waals surface area contributed by atoms with E-state index < -0.39 is 0 Å². The van der Waals surface area contributed by atoms with E-state index in [4.69, 9.17) is 9.47 Å². The molecule has 0 radical (unpaired) electrons. The summed E-state index contributed by atoms with van der Waals surface area (Å²) in [5.74, 6) is 0.979. The number of carbonyl (C=O) groups excluding carboxylic acids is 2. The number of para-hydroxylation sites is 1. The van der Waals surface area contributed by atoms with Crippen LogP contribution >= 0.6 is 0 Å². The molecule has 0 spiro atoms. The molecule has 0 bridgehead atoms. The Hall–Kier alpha value is -3.02. The van der Waals surface area contributed by atoms with Crippen molar-refractivity contribution in [2.24, 2.45) is 0 Å². The van der Waals surface area contributed by atoms with E-state index in [1.807, 2.05) is 30.3 Å². The summed E-state index contributed by atoms with van der Waals surface area (Å²) in [6.45, 7) is 0. The van der Waals surface area contributed by atoms with Gasteiger partial charge in [0.05, 0.1) is 14.2 Å². The summed E-state index contributed by atoms with van der Waals surface area (Å²) in [5, 5.41) is 2.80. The molecule has 0 aliphatic carbocycles. The highest BCUT2D eigenvalue weighted by molar-refractivity contribution is 5.94. The van der Waals surface area contributed by atoms with Gasteiger partial charge < -0.3 is 19.7 Å². The molecule has 6 heteroatoms. The lowest BCUT2D eigenvalue weighted by molar-refractivity contribution is -0.118. The molecule has 0 aliphatic heterocycles. The number of nitrogens with one attached hydrogen (secondary N) is 1. The number of nitrogens with zero attached hydrogens (tertiary/aromatic N) is 1. The number of hydrogen-bond donors (Lipinski definition) is 1. The fraction of sp³-hybridized carbons (Fsp3) is 0.300. The number of carbonyl (C=O) groups is 2. The van der Waals surface area contributed by atoms with Crippen molar-refractivity contribution >= 4 is 23.2 Å². The minimum absolute atomic E-state index is 0.0184. The fourth-order valence-corrected chi connectivity index (χ4v) is 2.50. The van der Waals surface area contributed by atoms with Crippen LogP contribution in [0.1, 0.15) is 19.3 Å². The molecule has 0 saturated carbocycles. The summed E-state index contributed by atoms with van der Waals surface area (Å²) < 4.78 is 10.4. The van der Waals surface area contributed by atoms with Gasteiger partial charge in [-0.15, -0.1) is 0 Å². The van der Waals surface area contributed by atoms with Crippen LogP contribution in [0.4, 0.5) is 11.4 Å². The Morgan fingerprint density at radius 1 is 0.962 bits per heavy atom. The minimum Gasteiger partial charge on any atom is -0.493 e. The Labute approximate surface area is 153 Å². The second kappa shape index (κ2) is 9.46. The quantitative estimate of drug-likeness (QED) is 0.786. The first kappa shape index (κ1) is 19.3. The first-order valence-electron chi connectivity index (χ1n) is 8.38. The summed E-state index contributed by atoms with van der Waals surface area (Å²) >= 11 is 0. The average molecular weight is 356 g/mol. The van der Waals surface area contributed by atoms with Crippen molar-refractivity contribution in [1.29, 1.82) is 0 Å². The number of anilines is 2. The van der Waals surface area contributed by atoms with Gasteiger partial charge in [0, 0.05) is 37.3 Å². The largest absolute Gasteiger partial charge is 0.493 e. The third-order valence-corrected chi connectivity index (χ3v) is 3.98. The lowest BCUT2D eigenvalue weighted by Gasteiger charge is -2.17. The molecular formula is C20H24N2O4. The molecule has 2 aromatic carbocycles. The summed E-state index contributed by atoms with van der Waals surface area (Å²) in [4.78, 5) is 25.9. The van der Waals surface area contributed by atoms with Gasteiger partial charge >= 0.3 is 0 Å². The van der Waals surface area contributed by atoms with Crippen LogP contribution in [-0.2, 0) is 9.59 Å². The van der Waals surface area contributed by atoms with Crippen LogP contribution in [0, 0.1) is 0 Å². The van der Waals surface area contributed by atoms with Crippen molar-refractivity contribution in [1.82, 2.24) is 0 Å². The van der Waals surface area contributed by atoms with Gasteiger partial charge in [-0.05, 0) is 30.7 Å². The highest BCUT2D eigenvalue weighted by atomic mass is 16.5. The molecule has 6 nitrogen and oxygen atoms in total. The van der Waals surface area contributed by atoms with E-state index in [2.05, 4.69) is 5.32 Å². The van der Waals surface area contributed by atoms with Crippen LogP contribution in [0.25, 0.3) is 0 Å². The van der Waals surface area contributed by atoms with E-state index in [1.165, 1.54) is 7.11 Å². The van der Waals surface area contributed by atoms with E-state index in [1.54, 1.807) is 37.3 Å². The molecule has 0 fully saturated rings. The molecule has 26 heavy (non-hydrogen) atoms. The van der Waals surface area contributed by atoms with Gasteiger partial charge in [0.25, 0.3) is 0 Å². The van der Waals surface area contributed by atoms with Crippen LogP contribution in [0.15, 0.2) is 48.5 Å². The summed E-state index contributed by atoms with van der Waals surface area (Å²) in [6, 6.07) is 14.6. The first-order chi connectivity index (χ1) is 12.5. The maximum absolute atomic E-state index is 12.2. The van der Waals surface area contributed by atoms with Crippen molar-refractivity contribution in [2.75, 3.05) is 31.5 Å². The van der Waals surface area contributed by atoms with Crippen LogP contribution < -0.4 is 19.7 Å². The Kier molecular flexibility index (Phi) is 7.02. The third kappa shape index (κ3) is 5.24. The zero-order valence-corrected chi connectivity index (χ0v) is 15.3. The van der Waals surface area contributed by atoms with Gasteiger partial charge in [0.1, 0.15) is 0 Å². The van der Waals surface area contributed by atoms with E-state index in [-0.39, 0.29) is 18.2 Å². The van der Waals surface area contributed by atoms with Crippen molar-refractivity contribution in [3.8, 4) is 11.5 Å². The van der Waals surface area contributed by atoms with Gasteiger partial charge in [0.2, 0.25) is 11.8 Å². The molecule has 0 unspecified atom stereocenters. The number of benzene rings is 2. The maximum atomic E-state index is 12.2. The van der Waals surface area contributed by atoms with Gasteiger partial charge in [0.15, 0.2) is 11.5 Å². The number of rotatable bonds is 8. The molecule has 0 aromatic heterocycles. The van der Waals surface area contributed by atoms with Crippen LogP contribution in [0.3, 0.4) is 0 Å². The van der Waals surface area contributed by atoms with Crippen molar-refractivity contribution < 1.29 is 19.1 Å². The number of hydrogen-bond acceptors (Lipinski definition) is 4. The lowest BCUT2D eigenvalue weighted by atomic mass is 10.2. The summed E-state index contributed by atoms with van der Waals surface area (Å²) in [6.07, 6.45) is 1.06. The van der Waals surface area contributed by atoms with Gasteiger partial charge in [-0.2, -0.15) is 0 Å². The maximum Gasteiger partial charge on any atom is 0.226 e. The molecule has 0 saturated heterocycles. The highest BCUT2D eigenvalue weighted by Gasteiger charge is 2.12. The van der Waals surface area contributed by atoms with E-state index in [9.17, 15) is 9.59 Å². The second-order valence-corrected chi connectivity index (χ2v) is 5.76. The molecule has 0 heterocycles. The Morgan fingerprint density at radius 3 is 2.31 bits per heavy atom. The summed E-state index contributed by atoms with van der Waals surface area (Å²) in [5.41, 5.74) is 1.47. The Morgan fingerprint density at radius 2 is 1.65 bits per heavy atom. The van der Waals surface area contributed by atoms with E-state index in [0.717, 1.165) is 5.69 Å². The molecule has 0 atom stereocenters. The fourth-order valence-electron chi connectivity index (χ4n) is 2.50. The Balaban J connectivity index is 1.81. The molecule has 138 valence electrons. The Bertz CT molecular complexity index is 747. The van der Waals surface area contributed by atoms with Crippen molar-refractivity contribution in [3.63, 3.8) is 0 Å². The molecule has 0 aliphatic rings. The molecular weight excluding hydrogens is 332 g/mol. The number of amides is 2. The second-order valence-electron chi connectivity index (χ2n) is 5.76. The van der Waals surface area contributed by atoms with Gasteiger partial charge in [-0.25, -0.2) is 0 Å². The van der Waals surface area contributed by atoms with E-state index >= 15 is 0 Å². The SMILES string of the molecule is COc1ccc(NC(=O)CCCC(=O)N(C)c2ccccc2)cc1OC. The lowest BCUT2D eigenvalue weighted by Crippen LogP contribution is -2.26. The molecule has 2 amide bonds. The minimum atomic E-state index is -0.146. The van der Waals surface area contributed by atoms with Crippen LogP contribution in [-0.4, -0.2) is 33.1 Å².